The third-order valence-corrected chi connectivity index (χ3v) is 4.78. The largest absolute Gasteiger partial charge is 0.375 e. The van der Waals surface area contributed by atoms with Crippen molar-refractivity contribution in [1.29, 1.82) is 0 Å². The van der Waals surface area contributed by atoms with Gasteiger partial charge >= 0.3 is 0 Å². The highest BCUT2D eigenvalue weighted by Gasteiger charge is 2.31. The van der Waals surface area contributed by atoms with Gasteiger partial charge in [0.2, 0.25) is 11.8 Å². The molecule has 1 aliphatic rings. The molecule has 28 heavy (non-hydrogen) atoms. The molecule has 0 spiro atoms. The molecular weight excluding hydrogens is 361 g/mol. The van der Waals surface area contributed by atoms with Crippen LogP contribution in [-0.2, 0) is 14.3 Å². The van der Waals surface area contributed by atoms with Crippen LogP contribution in [-0.4, -0.2) is 61.5 Å². The second-order valence-electron chi connectivity index (χ2n) is 6.66. The standard InChI is InChI=1S/C21H24FN3O3/c1-28-15-19(26)24-11-13-25(14-12-24)20(16-5-3-2-4-6-16)21(27)23-18-9-7-17(22)8-10-18/h2-10,20H,11-15H2,1H3,(H,23,27). The molecule has 0 bridgehead atoms. The summed E-state index contributed by atoms with van der Waals surface area (Å²) in [5.74, 6) is -0.585. The molecule has 1 fully saturated rings. The molecule has 0 aliphatic carbocycles. The van der Waals surface area contributed by atoms with Crippen LogP contribution in [0.5, 0.6) is 0 Å². The first kappa shape index (κ1) is 20.0. The number of piperazine rings is 1. The molecule has 0 aromatic heterocycles. The van der Waals surface area contributed by atoms with E-state index in [4.69, 9.17) is 4.74 Å². The van der Waals surface area contributed by atoms with Crippen LogP contribution in [0.4, 0.5) is 10.1 Å². The van der Waals surface area contributed by atoms with Crippen LogP contribution in [0.15, 0.2) is 54.6 Å². The Labute approximate surface area is 163 Å². The molecule has 0 radical (unpaired) electrons. The highest BCUT2D eigenvalue weighted by Crippen LogP contribution is 2.24. The third kappa shape index (κ3) is 4.94. The number of methoxy groups -OCH3 is 1. The first-order chi connectivity index (χ1) is 13.6. The molecule has 1 unspecified atom stereocenters. The van der Waals surface area contributed by atoms with Gasteiger partial charge < -0.3 is 15.0 Å². The van der Waals surface area contributed by atoms with Gasteiger partial charge in [0, 0.05) is 39.0 Å². The van der Waals surface area contributed by atoms with Gasteiger partial charge in [0.15, 0.2) is 0 Å². The minimum atomic E-state index is -0.495. The highest BCUT2D eigenvalue weighted by atomic mass is 19.1. The minimum Gasteiger partial charge on any atom is -0.375 e. The molecule has 1 atom stereocenters. The number of anilines is 1. The van der Waals surface area contributed by atoms with E-state index in [1.807, 2.05) is 30.3 Å². The topological polar surface area (TPSA) is 61.9 Å². The van der Waals surface area contributed by atoms with Crippen LogP contribution in [0, 0.1) is 5.82 Å². The summed E-state index contributed by atoms with van der Waals surface area (Å²) >= 11 is 0. The number of ether oxygens (including phenoxy) is 1. The molecule has 2 aromatic carbocycles. The third-order valence-electron chi connectivity index (χ3n) is 4.78. The zero-order valence-corrected chi connectivity index (χ0v) is 15.8. The van der Waals surface area contributed by atoms with Crippen LogP contribution < -0.4 is 5.32 Å². The number of hydrogen-bond donors (Lipinski definition) is 1. The number of carbonyl (C=O) groups excluding carboxylic acids is 2. The molecule has 1 aliphatic heterocycles. The Balaban J connectivity index is 1.74. The van der Waals surface area contributed by atoms with Gasteiger partial charge in [-0.2, -0.15) is 0 Å². The lowest BCUT2D eigenvalue weighted by Gasteiger charge is -2.38. The Morgan fingerprint density at radius 2 is 1.68 bits per heavy atom. The molecule has 1 saturated heterocycles. The number of amides is 2. The minimum absolute atomic E-state index is 0.0471. The fourth-order valence-corrected chi connectivity index (χ4v) is 3.35. The van der Waals surface area contributed by atoms with Gasteiger partial charge in [-0.1, -0.05) is 30.3 Å². The van der Waals surface area contributed by atoms with Crippen molar-refractivity contribution in [3.8, 4) is 0 Å². The molecule has 6 nitrogen and oxygen atoms in total. The van der Waals surface area contributed by atoms with Crippen molar-refractivity contribution in [2.24, 2.45) is 0 Å². The monoisotopic (exact) mass is 385 g/mol. The SMILES string of the molecule is COCC(=O)N1CCN(C(C(=O)Nc2ccc(F)cc2)c2ccccc2)CC1. The summed E-state index contributed by atoms with van der Waals surface area (Å²) in [7, 11) is 1.50. The number of nitrogens with one attached hydrogen (secondary N) is 1. The van der Waals surface area contributed by atoms with E-state index in [0.717, 1.165) is 5.56 Å². The van der Waals surface area contributed by atoms with Crippen molar-refractivity contribution >= 4 is 17.5 Å². The summed E-state index contributed by atoms with van der Waals surface area (Å²) in [4.78, 5) is 28.9. The van der Waals surface area contributed by atoms with E-state index in [0.29, 0.717) is 31.9 Å². The lowest BCUT2D eigenvalue weighted by atomic mass is 10.0. The van der Waals surface area contributed by atoms with Crippen molar-refractivity contribution in [2.75, 3.05) is 45.2 Å². The average molecular weight is 385 g/mol. The van der Waals surface area contributed by atoms with Crippen molar-refractivity contribution in [3.63, 3.8) is 0 Å². The maximum Gasteiger partial charge on any atom is 0.248 e. The number of nitrogens with zero attached hydrogens (tertiary/aromatic N) is 2. The number of rotatable bonds is 6. The Kier molecular flexibility index (Phi) is 6.73. The Morgan fingerprint density at radius 1 is 1.04 bits per heavy atom. The number of halogens is 1. The van der Waals surface area contributed by atoms with Crippen LogP contribution >= 0.6 is 0 Å². The van der Waals surface area contributed by atoms with Crippen molar-refractivity contribution < 1.29 is 18.7 Å². The van der Waals surface area contributed by atoms with Gasteiger partial charge in [0.05, 0.1) is 0 Å². The van der Waals surface area contributed by atoms with E-state index in [-0.39, 0.29) is 24.2 Å². The van der Waals surface area contributed by atoms with E-state index in [1.54, 1.807) is 4.90 Å². The quantitative estimate of drug-likeness (QED) is 0.829. The second-order valence-corrected chi connectivity index (χ2v) is 6.66. The summed E-state index contributed by atoms with van der Waals surface area (Å²) in [6.45, 7) is 2.29. The van der Waals surface area contributed by atoms with Gasteiger partial charge in [-0.05, 0) is 29.8 Å². The average Bonchev–Trinajstić information content (AvgIpc) is 2.71. The molecule has 148 valence electrons. The summed E-state index contributed by atoms with van der Waals surface area (Å²) in [6, 6.07) is 14.7. The van der Waals surface area contributed by atoms with Crippen molar-refractivity contribution in [2.45, 2.75) is 6.04 Å². The molecule has 1 heterocycles. The number of hydrogen-bond acceptors (Lipinski definition) is 4. The normalized spacial score (nSPS) is 15.9. The second kappa shape index (κ2) is 9.43. The Bertz CT molecular complexity index is 790. The predicted octanol–water partition coefficient (Wildman–Crippen LogP) is 2.30. The zero-order chi connectivity index (χ0) is 19.9. The van der Waals surface area contributed by atoms with E-state index >= 15 is 0 Å². The Hall–Kier alpha value is -2.77. The van der Waals surface area contributed by atoms with Crippen LogP contribution in [0.3, 0.4) is 0 Å². The van der Waals surface area contributed by atoms with Crippen LogP contribution in [0.25, 0.3) is 0 Å². The molecule has 3 rings (SSSR count). The summed E-state index contributed by atoms with van der Waals surface area (Å²) in [5, 5.41) is 2.87. The smallest absolute Gasteiger partial charge is 0.248 e. The summed E-state index contributed by atoms with van der Waals surface area (Å²) in [6.07, 6.45) is 0. The van der Waals surface area contributed by atoms with E-state index in [2.05, 4.69) is 10.2 Å². The molecule has 2 amide bonds. The molecule has 1 N–H and O–H groups in total. The van der Waals surface area contributed by atoms with Crippen molar-refractivity contribution in [3.05, 3.63) is 66.0 Å². The van der Waals surface area contributed by atoms with Gasteiger partial charge in [-0.3, -0.25) is 14.5 Å². The first-order valence-corrected chi connectivity index (χ1v) is 9.20. The fourth-order valence-electron chi connectivity index (χ4n) is 3.35. The molecule has 0 saturated carbocycles. The Morgan fingerprint density at radius 3 is 2.29 bits per heavy atom. The zero-order valence-electron chi connectivity index (χ0n) is 15.8. The highest BCUT2D eigenvalue weighted by molar-refractivity contribution is 5.95. The lowest BCUT2D eigenvalue weighted by molar-refractivity contribution is -0.137. The van der Waals surface area contributed by atoms with Crippen LogP contribution in [0.1, 0.15) is 11.6 Å². The maximum atomic E-state index is 13.1. The number of carbonyl (C=O) groups is 2. The summed E-state index contributed by atoms with van der Waals surface area (Å²) < 4.78 is 18.1. The fraction of sp³-hybridized carbons (Fsp3) is 0.333. The van der Waals surface area contributed by atoms with Crippen molar-refractivity contribution in [1.82, 2.24) is 9.80 Å². The first-order valence-electron chi connectivity index (χ1n) is 9.20. The van der Waals surface area contributed by atoms with Gasteiger partial charge in [-0.15, -0.1) is 0 Å². The number of benzene rings is 2. The molecule has 7 heteroatoms. The molecular formula is C21H24FN3O3. The van der Waals surface area contributed by atoms with Crippen LogP contribution in [0.2, 0.25) is 0 Å². The van der Waals surface area contributed by atoms with E-state index < -0.39 is 6.04 Å². The van der Waals surface area contributed by atoms with Gasteiger partial charge in [0.25, 0.3) is 0 Å². The summed E-state index contributed by atoms with van der Waals surface area (Å²) in [5.41, 5.74) is 1.42. The van der Waals surface area contributed by atoms with E-state index in [9.17, 15) is 14.0 Å². The maximum absolute atomic E-state index is 13.1. The molecule has 2 aromatic rings. The van der Waals surface area contributed by atoms with Gasteiger partial charge in [-0.25, -0.2) is 4.39 Å². The van der Waals surface area contributed by atoms with E-state index in [1.165, 1.54) is 31.4 Å². The predicted molar refractivity (Wildman–Crippen MR) is 104 cm³/mol. The van der Waals surface area contributed by atoms with Gasteiger partial charge in [0.1, 0.15) is 18.5 Å². The lowest BCUT2D eigenvalue weighted by Crippen LogP contribution is -2.52.